The number of ether oxygens (including phenoxy) is 6. The summed E-state index contributed by atoms with van der Waals surface area (Å²) in [6.45, 7) is 19.7. The van der Waals surface area contributed by atoms with Crippen molar-refractivity contribution in [2.45, 2.75) is 218 Å². The second-order valence-electron chi connectivity index (χ2n) is 23.3. The Morgan fingerprint density at radius 3 is 2.02 bits per heavy atom. The van der Waals surface area contributed by atoms with Gasteiger partial charge in [0.05, 0.1) is 24.9 Å². The Balaban J connectivity index is 1.04. The summed E-state index contributed by atoms with van der Waals surface area (Å²) in [5.74, 6) is -0.622. The van der Waals surface area contributed by atoms with Crippen LogP contribution in [0.15, 0.2) is 11.6 Å². The van der Waals surface area contributed by atoms with E-state index in [1.165, 1.54) is 6.92 Å². The average Bonchev–Trinajstić information content (AvgIpc) is 3.20. The van der Waals surface area contributed by atoms with Gasteiger partial charge in [0.2, 0.25) is 0 Å². The lowest BCUT2D eigenvalue weighted by Gasteiger charge is -2.71. The normalized spacial score (nSPS) is 55.3. The van der Waals surface area contributed by atoms with Crippen LogP contribution in [0, 0.1) is 50.2 Å². The summed E-state index contributed by atoms with van der Waals surface area (Å²) in [6.07, 6.45) is -12.8. The molecule has 0 aromatic carbocycles. The molecule has 0 radical (unpaired) electrons. The van der Waals surface area contributed by atoms with Gasteiger partial charge in [-0.05, 0) is 110 Å². The molecule has 0 bridgehead atoms. The number of carboxylic acids is 1. The third-order valence-electron chi connectivity index (χ3n) is 19.0. The largest absolute Gasteiger partial charge is 0.479 e. The van der Waals surface area contributed by atoms with E-state index >= 15 is 0 Å². The fourth-order valence-electron chi connectivity index (χ4n) is 14.8. The fourth-order valence-corrected chi connectivity index (χ4v) is 14.8. The van der Waals surface area contributed by atoms with Crippen LogP contribution >= 0.6 is 0 Å². The van der Waals surface area contributed by atoms with Crippen molar-refractivity contribution >= 4 is 5.97 Å². The van der Waals surface area contributed by atoms with Crippen LogP contribution in [0.2, 0.25) is 0 Å². The SMILES string of the molecule is C[C@@H]1OC(O[C@H]2C(O[C@H]3C(O[C@H]4CC[C@@]5(C)C(CC[C@]6(C)C5CC=C5C7CC(C)(C)C[C@@H](O)[C@]7(C)CC[C@]56C)C4(C)C)O[C@H](C(=O)O)[C@@H](O)[C@@H]3O)OC[C@@H](O)[C@@H]2O)[C@H](O)[C@H](O)[C@H]1O. The zero-order valence-corrected chi connectivity index (χ0v) is 38.5. The highest BCUT2D eigenvalue weighted by Gasteiger charge is 2.69. The molecule has 360 valence electrons. The van der Waals surface area contributed by atoms with Crippen molar-refractivity contribution in [3.8, 4) is 0 Å². The summed E-state index contributed by atoms with van der Waals surface area (Å²) < 4.78 is 36.2. The van der Waals surface area contributed by atoms with Crippen LogP contribution in [0.5, 0.6) is 0 Å². The van der Waals surface area contributed by atoms with Crippen molar-refractivity contribution in [2.75, 3.05) is 6.61 Å². The van der Waals surface area contributed by atoms with Gasteiger partial charge in [-0.25, -0.2) is 4.79 Å². The van der Waals surface area contributed by atoms with Gasteiger partial charge in [-0.2, -0.15) is 0 Å². The van der Waals surface area contributed by atoms with Gasteiger partial charge in [-0.15, -0.1) is 0 Å². The molecule has 3 heterocycles. The Morgan fingerprint density at radius 2 is 1.33 bits per heavy atom. The number of rotatable bonds is 7. The number of carbonyl (C=O) groups is 1. The number of aliphatic hydroxyl groups is 8. The number of allylic oxidation sites excluding steroid dienone is 2. The Labute approximate surface area is 371 Å². The van der Waals surface area contributed by atoms with Crippen molar-refractivity contribution in [1.29, 1.82) is 0 Å². The molecule has 63 heavy (non-hydrogen) atoms. The first-order chi connectivity index (χ1) is 29.2. The summed E-state index contributed by atoms with van der Waals surface area (Å²) in [5.41, 5.74) is 0.910. The number of aliphatic carboxylic acids is 1. The number of hydrogen-bond donors (Lipinski definition) is 9. The predicted molar refractivity (Wildman–Crippen MR) is 223 cm³/mol. The molecule has 6 unspecified atom stereocenters. The highest BCUT2D eigenvalue weighted by Crippen LogP contribution is 2.76. The molecule has 4 saturated carbocycles. The minimum atomic E-state index is -1.96. The molecule has 0 aromatic rings. The Hall–Kier alpha value is -1.35. The van der Waals surface area contributed by atoms with Crippen LogP contribution in [0.1, 0.15) is 120 Å². The third-order valence-corrected chi connectivity index (χ3v) is 19.0. The minimum absolute atomic E-state index is 0.0189. The van der Waals surface area contributed by atoms with Gasteiger partial charge in [-0.1, -0.05) is 67.0 Å². The molecule has 0 aromatic heterocycles. The first-order valence-electron chi connectivity index (χ1n) is 23.5. The van der Waals surface area contributed by atoms with Crippen LogP contribution in [-0.2, 0) is 33.2 Å². The molecule has 7 fully saturated rings. The lowest BCUT2D eigenvalue weighted by Crippen LogP contribution is -2.67. The lowest BCUT2D eigenvalue weighted by molar-refractivity contribution is -0.386. The van der Waals surface area contributed by atoms with Crippen LogP contribution < -0.4 is 0 Å². The summed E-state index contributed by atoms with van der Waals surface area (Å²) in [7, 11) is 0. The molecule has 8 rings (SSSR count). The standard InChI is InChI=1S/C47H76O16/c1-21-29(50)31(52)34(55)39(59-21)62-36-30(51)24(48)20-58-40(36)63-37-33(54)32(53)35(38(56)57)61-41(37)60-28-13-14-45(7)25(43(28,4)5)12-15-47(9)26(45)11-10-22-23-18-42(2,3)19-27(49)44(23,6)16-17-46(22,47)8/h10,21,23-37,39-41,48-55H,11-20H2,1-9H3,(H,56,57)/t21-,23?,24+,25?,26?,27+,28-,29-,30-,31+,32-,33-,34+,35-,36+,37+,39?,40?,41?,44+,45-,46+,47+/m0/s1. The van der Waals surface area contributed by atoms with E-state index in [1.54, 1.807) is 5.57 Å². The van der Waals surface area contributed by atoms with Crippen molar-refractivity contribution in [1.82, 2.24) is 0 Å². The van der Waals surface area contributed by atoms with Crippen molar-refractivity contribution in [3.63, 3.8) is 0 Å². The lowest BCUT2D eigenvalue weighted by atomic mass is 9.33. The Kier molecular flexibility index (Phi) is 12.5. The van der Waals surface area contributed by atoms with E-state index in [9.17, 15) is 50.8 Å². The van der Waals surface area contributed by atoms with E-state index in [0.29, 0.717) is 18.3 Å². The first-order valence-corrected chi connectivity index (χ1v) is 23.5. The molecule has 0 spiro atoms. The molecule has 5 aliphatic carbocycles. The number of hydrogen-bond acceptors (Lipinski definition) is 15. The second-order valence-corrected chi connectivity index (χ2v) is 23.3. The average molecular weight is 897 g/mol. The van der Waals surface area contributed by atoms with E-state index in [1.807, 2.05) is 0 Å². The molecule has 9 N–H and O–H groups in total. The van der Waals surface area contributed by atoms with Crippen molar-refractivity contribution < 1.29 is 79.2 Å². The molecule has 3 aliphatic heterocycles. The highest BCUT2D eigenvalue weighted by atomic mass is 16.8. The second kappa shape index (κ2) is 16.4. The van der Waals surface area contributed by atoms with E-state index in [0.717, 1.165) is 51.4 Å². The van der Waals surface area contributed by atoms with E-state index in [2.05, 4.69) is 61.5 Å². The van der Waals surface area contributed by atoms with Gasteiger partial charge in [0.25, 0.3) is 0 Å². The topological polar surface area (TPSA) is 255 Å². The quantitative estimate of drug-likeness (QED) is 0.131. The van der Waals surface area contributed by atoms with E-state index < -0.39 is 110 Å². The number of aliphatic hydroxyl groups excluding tert-OH is 8. The maximum Gasteiger partial charge on any atom is 0.335 e. The summed E-state index contributed by atoms with van der Waals surface area (Å²) >= 11 is 0. The van der Waals surface area contributed by atoms with Crippen molar-refractivity contribution in [2.24, 2.45) is 50.2 Å². The fraction of sp³-hybridized carbons (Fsp3) is 0.936. The van der Waals surface area contributed by atoms with Gasteiger partial charge in [-0.3, -0.25) is 0 Å². The van der Waals surface area contributed by atoms with Crippen LogP contribution in [0.3, 0.4) is 0 Å². The third kappa shape index (κ3) is 7.51. The van der Waals surface area contributed by atoms with E-state index in [-0.39, 0.29) is 39.1 Å². The Bertz CT molecular complexity index is 1740. The van der Waals surface area contributed by atoms with Crippen LogP contribution in [0.4, 0.5) is 0 Å². The molecular formula is C47H76O16. The first kappa shape index (κ1) is 48.1. The van der Waals surface area contributed by atoms with Gasteiger partial charge >= 0.3 is 5.97 Å². The molecule has 8 aliphatic rings. The van der Waals surface area contributed by atoms with Crippen LogP contribution in [-0.4, -0.2) is 157 Å². The molecule has 0 amide bonds. The monoisotopic (exact) mass is 897 g/mol. The molecule has 23 atom stereocenters. The number of carboxylic acid groups (broad SMARTS) is 1. The van der Waals surface area contributed by atoms with Gasteiger partial charge in [0, 0.05) is 5.41 Å². The maximum atomic E-state index is 12.4. The zero-order valence-electron chi connectivity index (χ0n) is 38.5. The summed E-state index contributed by atoms with van der Waals surface area (Å²) in [5, 5.41) is 97.3. The molecule has 16 nitrogen and oxygen atoms in total. The molecule has 16 heteroatoms. The van der Waals surface area contributed by atoms with E-state index in [4.69, 9.17) is 28.4 Å². The molecular weight excluding hydrogens is 821 g/mol. The summed E-state index contributed by atoms with van der Waals surface area (Å²) in [6, 6.07) is 0. The minimum Gasteiger partial charge on any atom is -0.479 e. The molecule has 3 saturated heterocycles. The van der Waals surface area contributed by atoms with Gasteiger partial charge < -0.3 is 74.4 Å². The van der Waals surface area contributed by atoms with Crippen molar-refractivity contribution in [3.05, 3.63) is 11.6 Å². The maximum absolute atomic E-state index is 12.4. The number of fused-ring (bicyclic) bond motifs is 7. The van der Waals surface area contributed by atoms with Gasteiger partial charge in [0.15, 0.2) is 25.0 Å². The highest BCUT2D eigenvalue weighted by molar-refractivity contribution is 5.73. The smallest absolute Gasteiger partial charge is 0.335 e. The zero-order chi connectivity index (χ0) is 46.1. The van der Waals surface area contributed by atoms with Crippen LogP contribution in [0.25, 0.3) is 0 Å². The van der Waals surface area contributed by atoms with Gasteiger partial charge in [0.1, 0.15) is 54.9 Å². The Morgan fingerprint density at radius 1 is 0.667 bits per heavy atom. The summed E-state index contributed by atoms with van der Waals surface area (Å²) in [4.78, 5) is 12.4. The predicted octanol–water partition coefficient (Wildman–Crippen LogP) is 2.37.